The van der Waals surface area contributed by atoms with Crippen LogP contribution in [0.15, 0.2) is 24.5 Å². The van der Waals surface area contributed by atoms with Crippen LogP contribution < -0.4 is 0 Å². The SMILES string of the molecule is CCCCCCC(C=CC=COP(=O)(O)O)CCCCC. The fourth-order valence-electron chi connectivity index (χ4n) is 2.21. The normalized spacial score (nSPS) is 14.1. The predicted molar refractivity (Wildman–Crippen MR) is 87.8 cm³/mol. The van der Waals surface area contributed by atoms with Gasteiger partial charge in [-0.05, 0) is 24.8 Å². The van der Waals surface area contributed by atoms with Crippen LogP contribution in [0.5, 0.6) is 0 Å². The molecular weight excluding hydrogens is 287 g/mol. The molecule has 5 heteroatoms. The summed E-state index contributed by atoms with van der Waals surface area (Å²) in [6, 6.07) is 0. The third-order valence-corrected chi connectivity index (χ3v) is 3.77. The van der Waals surface area contributed by atoms with E-state index in [4.69, 9.17) is 9.79 Å². The maximum atomic E-state index is 10.5. The fourth-order valence-corrected chi connectivity index (χ4v) is 2.44. The molecule has 0 spiro atoms. The zero-order valence-corrected chi connectivity index (χ0v) is 14.3. The molecule has 2 N–H and O–H groups in total. The van der Waals surface area contributed by atoms with Gasteiger partial charge in [0.1, 0.15) is 0 Å². The van der Waals surface area contributed by atoms with Crippen molar-refractivity contribution in [1.82, 2.24) is 0 Å². The van der Waals surface area contributed by atoms with Crippen molar-refractivity contribution in [1.29, 1.82) is 0 Å². The van der Waals surface area contributed by atoms with Gasteiger partial charge < -0.3 is 4.52 Å². The zero-order valence-electron chi connectivity index (χ0n) is 13.4. The molecule has 0 aromatic rings. The molecule has 0 bridgehead atoms. The van der Waals surface area contributed by atoms with E-state index in [1.54, 1.807) is 0 Å². The number of phosphoric acid groups is 1. The van der Waals surface area contributed by atoms with Crippen LogP contribution in [0.2, 0.25) is 0 Å². The van der Waals surface area contributed by atoms with Crippen LogP contribution in [-0.2, 0) is 9.09 Å². The summed E-state index contributed by atoms with van der Waals surface area (Å²) in [6.45, 7) is 4.42. The standard InChI is InChI=1S/C16H31O4P/c1-3-5-7-9-13-16(12-8-6-4-2)14-10-11-15-20-21(17,18)19/h10-11,14-16H,3-9,12-13H2,1-2H3,(H2,17,18,19). The van der Waals surface area contributed by atoms with Crippen LogP contribution in [0.3, 0.4) is 0 Å². The van der Waals surface area contributed by atoms with E-state index in [0.29, 0.717) is 5.92 Å². The molecule has 0 radical (unpaired) electrons. The summed E-state index contributed by atoms with van der Waals surface area (Å²) in [7, 11) is -4.40. The topological polar surface area (TPSA) is 66.8 Å². The lowest BCUT2D eigenvalue weighted by Gasteiger charge is -2.12. The fraction of sp³-hybridized carbons (Fsp3) is 0.750. The number of phosphoric ester groups is 1. The number of unbranched alkanes of at least 4 members (excludes halogenated alkanes) is 5. The lowest BCUT2D eigenvalue weighted by atomic mass is 9.94. The molecule has 4 nitrogen and oxygen atoms in total. The first-order valence-corrected chi connectivity index (χ1v) is 9.60. The van der Waals surface area contributed by atoms with Gasteiger partial charge >= 0.3 is 7.82 Å². The monoisotopic (exact) mass is 318 g/mol. The molecule has 0 aromatic heterocycles. The Bertz CT molecular complexity index is 333. The largest absolute Gasteiger partial charge is 0.524 e. The van der Waals surface area contributed by atoms with Crippen molar-refractivity contribution in [3.63, 3.8) is 0 Å². The van der Waals surface area contributed by atoms with Crippen LogP contribution in [0.4, 0.5) is 0 Å². The molecule has 0 aliphatic heterocycles. The van der Waals surface area contributed by atoms with Crippen LogP contribution >= 0.6 is 7.82 Å². The molecule has 1 unspecified atom stereocenters. The number of hydrogen-bond donors (Lipinski definition) is 2. The van der Waals surface area contributed by atoms with E-state index in [0.717, 1.165) is 6.26 Å². The minimum absolute atomic E-state index is 0.549. The Morgan fingerprint density at radius 3 is 2.10 bits per heavy atom. The highest BCUT2D eigenvalue weighted by molar-refractivity contribution is 7.46. The lowest BCUT2D eigenvalue weighted by molar-refractivity contribution is 0.258. The predicted octanol–water partition coefficient (Wildman–Crippen LogP) is 5.33. The molecular formula is C16H31O4P. The van der Waals surface area contributed by atoms with E-state index < -0.39 is 7.82 Å². The van der Waals surface area contributed by atoms with Crippen molar-refractivity contribution in [2.75, 3.05) is 0 Å². The van der Waals surface area contributed by atoms with Crippen LogP contribution in [0, 0.1) is 5.92 Å². The summed E-state index contributed by atoms with van der Waals surface area (Å²) in [4.78, 5) is 17.1. The van der Waals surface area contributed by atoms with Crippen molar-refractivity contribution in [3.05, 3.63) is 24.5 Å². The Kier molecular flexibility index (Phi) is 12.8. The summed E-state index contributed by atoms with van der Waals surface area (Å²) in [5.41, 5.74) is 0. The Morgan fingerprint density at radius 1 is 0.952 bits per heavy atom. The number of allylic oxidation sites excluding steroid dienone is 3. The van der Waals surface area contributed by atoms with E-state index >= 15 is 0 Å². The van der Waals surface area contributed by atoms with Gasteiger partial charge in [0.15, 0.2) is 0 Å². The second-order valence-electron chi connectivity index (χ2n) is 5.41. The second-order valence-corrected chi connectivity index (χ2v) is 6.61. The third kappa shape index (κ3) is 15.6. The molecule has 0 saturated heterocycles. The summed E-state index contributed by atoms with van der Waals surface area (Å²) in [5.74, 6) is 0.549. The van der Waals surface area contributed by atoms with Gasteiger partial charge in [-0.3, -0.25) is 9.79 Å². The van der Waals surface area contributed by atoms with Gasteiger partial charge in [0.05, 0.1) is 6.26 Å². The minimum Gasteiger partial charge on any atom is -0.412 e. The van der Waals surface area contributed by atoms with Crippen LogP contribution in [-0.4, -0.2) is 9.79 Å². The molecule has 0 amide bonds. The van der Waals surface area contributed by atoms with E-state index in [9.17, 15) is 4.57 Å². The van der Waals surface area contributed by atoms with Gasteiger partial charge in [0, 0.05) is 0 Å². The average Bonchev–Trinajstić information content (AvgIpc) is 2.41. The van der Waals surface area contributed by atoms with Crippen molar-refractivity contribution < 1.29 is 18.9 Å². The minimum atomic E-state index is -4.40. The molecule has 0 rings (SSSR count). The first-order valence-electron chi connectivity index (χ1n) is 8.06. The highest BCUT2D eigenvalue weighted by Crippen LogP contribution is 2.35. The van der Waals surface area contributed by atoms with Gasteiger partial charge in [0.2, 0.25) is 0 Å². The molecule has 0 aliphatic carbocycles. The highest BCUT2D eigenvalue weighted by atomic mass is 31.2. The zero-order chi connectivity index (χ0) is 16.0. The molecule has 21 heavy (non-hydrogen) atoms. The summed E-state index contributed by atoms with van der Waals surface area (Å²) in [5, 5.41) is 0. The second kappa shape index (κ2) is 13.1. The van der Waals surface area contributed by atoms with Crippen molar-refractivity contribution in [3.8, 4) is 0 Å². The summed E-state index contributed by atoms with van der Waals surface area (Å²) in [6.07, 6.45) is 17.7. The van der Waals surface area contributed by atoms with Gasteiger partial charge in [-0.25, -0.2) is 4.57 Å². The Balaban J connectivity index is 4.13. The van der Waals surface area contributed by atoms with Gasteiger partial charge in [-0.2, -0.15) is 0 Å². The summed E-state index contributed by atoms with van der Waals surface area (Å²) >= 11 is 0. The third-order valence-electron chi connectivity index (χ3n) is 3.38. The van der Waals surface area contributed by atoms with Crippen molar-refractivity contribution >= 4 is 7.82 Å². The number of rotatable bonds is 13. The molecule has 0 fully saturated rings. The van der Waals surface area contributed by atoms with Crippen LogP contribution in [0.25, 0.3) is 0 Å². The highest BCUT2D eigenvalue weighted by Gasteiger charge is 2.10. The Morgan fingerprint density at radius 2 is 1.52 bits per heavy atom. The maximum Gasteiger partial charge on any atom is 0.524 e. The first-order chi connectivity index (χ1) is 9.99. The molecule has 1 atom stereocenters. The van der Waals surface area contributed by atoms with Gasteiger partial charge in [-0.15, -0.1) is 0 Å². The van der Waals surface area contributed by atoms with Crippen molar-refractivity contribution in [2.24, 2.45) is 5.92 Å². The molecule has 0 aliphatic rings. The molecule has 0 heterocycles. The van der Waals surface area contributed by atoms with Crippen molar-refractivity contribution in [2.45, 2.75) is 71.6 Å². The van der Waals surface area contributed by atoms with Gasteiger partial charge in [0.25, 0.3) is 0 Å². The van der Waals surface area contributed by atoms with Gasteiger partial charge in [-0.1, -0.05) is 70.9 Å². The first kappa shape index (κ1) is 20.4. The quantitative estimate of drug-likeness (QED) is 0.208. The number of hydrogen-bond acceptors (Lipinski definition) is 2. The van der Waals surface area contributed by atoms with E-state index in [1.165, 1.54) is 63.9 Å². The maximum absolute atomic E-state index is 10.5. The smallest absolute Gasteiger partial charge is 0.412 e. The summed E-state index contributed by atoms with van der Waals surface area (Å²) < 4.78 is 14.8. The lowest BCUT2D eigenvalue weighted by Crippen LogP contribution is -1.97. The Hall–Kier alpha value is -0.570. The van der Waals surface area contributed by atoms with Crippen LogP contribution in [0.1, 0.15) is 71.6 Å². The molecule has 0 aromatic carbocycles. The molecule has 124 valence electrons. The molecule has 0 saturated carbocycles. The average molecular weight is 318 g/mol. The Labute approximate surface area is 129 Å². The van der Waals surface area contributed by atoms with E-state index in [2.05, 4.69) is 24.4 Å². The van der Waals surface area contributed by atoms with E-state index in [1.807, 2.05) is 6.08 Å². The van der Waals surface area contributed by atoms with E-state index in [-0.39, 0.29) is 0 Å².